The van der Waals surface area contributed by atoms with Crippen LogP contribution < -0.4 is 0 Å². The second-order valence-corrected chi connectivity index (χ2v) is 23.1. The fraction of sp³-hybridized carbons (Fsp3) is 0.770. The Balaban J connectivity index is 4.29. The van der Waals surface area contributed by atoms with Gasteiger partial charge in [-0.25, -0.2) is 0 Å². The molecule has 1 atom stereocenters. The van der Waals surface area contributed by atoms with Crippen LogP contribution in [0.5, 0.6) is 0 Å². The zero-order chi connectivity index (χ0) is 57.8. The first-order valence-electron chi connectivity index (χ1n) is 34.6. The minimum Gasteiger partial charge on any atom is -0.462 e. The number of ether oxygens (including phenoxy) is 3. The van der Waals surface area contributed by atoms with Crippen LogP contribution in [0.15, 0.2) is 85.1 Å². The minimum atomic E-state index is -0.819. The highest BCUT2D eigenvalue weighted by Crippen LogP contribution is 2.17. The Hall–Kier alpha value is -3.41. The molecule has 0 aliphatic rings. The summed E-state index contributed by atoms with van der Waals surface area (Å²) < 4.78 is 16.8. The molecular weight excluding hydrogens is 985 g/mol. The molecule has 1 unspecified atom stereocenters. The number of allylic oxidation sites excluding steroid dienone is 13. The molecule has 0 bridgehead atoms. The Morgan fingerprint density at radius 1 is 0.275 bits per heavy atom. The highest BCUT2D eigenvalue weighted by molar-refractivity contribution is 5.72. The number of hydrogen-bond acceptors (Lipinski definition) is 6. The number of unbranched alkanes of at least 4 members (excludes halogenated alkanes) is 39. The topological polar surface area (TPSA) is 78.9 Å². The third kappa shape index (κ3) is 65.4. The summed E-state index contributed by atoms with van der Waals surface area (Å²) in [6, 6.07) is 0. The largest absolute Gasteiger partial charge is 0.462 e. The summed E-state index contributed by atoms with van der Waals surface area (Å²) in [5, 5.41) is 0. The first-order valence-corrected chi connectivity index (χ1v) is 34.6. The molecule has 0 aliphatic heterocycles. The smallest absolute Gasteiger partial charge is 0.309 e. The highest BCUT2D eigenvalue weighted by atomic mass is 16.6. The van der Waals surface area contributed by atoms with E-state index in [1.54, 1.807) is 6.08 Å². The van der Waals surface area contributed by atoms with Gasteiger partial charge in [0.1, 0.15) is 13.2 Å². The Kier molecular flexibility index (Phi) is 65.2. The Labute approximate surface area is 496 Å². The van der Waals surface area contributed by atoms with E-state index >= 15 is 0 Å². The Morgan fingerprint density at radius 3 is 0.863 bits per heavy atom. The standard InChI is InChI=1S/C74H130O6/c1-4-7-10-13-16-19-22-25-28-30-32-33-34-35-36-37-38-39-40-41-42-44-46-49-52-55-58-61-64-67-73(76)79-70-71(69-78-72(75)66-63-60-57-54-51-48-45-27-24-21-18-15-12-9-6-3)80-74(77)68-65-62-59-56-53-50-47-43-31-29-26-23-20-17-14-11-8-5-2/h9,12,18,21,27,29-32,45,51,54,60,63,71H,4-8,10-11,13-17,19-20,22-26,28,33-44,46-50,52-53,55-59,61-62,64-70H2,1-3H3/b12-9-,21-18-,31-29-,32-30-,45-27-,54-51-,63-60-. The summed E-state index contributed by atoms with van der Waals surface area (Å²) in [4.78, 5) is 38.3. The molecule has 0 aromatic carbocycles. The minimum absolute atomic E-state index is 0.106. The molecule has 0 rings (SSSR count). The molecule has 0 heterocycles. The summed E-state index contributed by atoms with van der Waals surface area (Å²) in [6.45, 7) is 6.48. The van der Waals surface area contributed by atoms with Crippen LogP contribution in [0.3, 0.4) is 0 Å². The molecule has 0 N–H and O–H groups in total. The van der Waals surface area contributed by atoms with Crippen molar-refractivity contribution in [1.29, 1.82) is 0 Å². The zero-order valence-electron chi connectivity index (χ0n) is 53.1. The third-order valence-electron chi connectivity index (χ3n) is 15.1. The first kappa shape index (κ1) is 76.6. The quantitative estimate of drug-likeness (QED) is 0.0261. The highest BCUT2D eigenvalue weighted by Gasteiger charge is 2.19. The van der Waals surface area contributed by atoms with Crippen molar-refractivity contribution in [3.05, 3.63) is 85.1 Å². The van der Waals surface area contributed by atoms with E-state index in [9.17, 15) is 14.4 Å². The van der Waals surface area contributed by atoms with Gasteiger partial charge in [-0.2, -0.15) is 0 Å². The van der Waals surface area contributed by atoms with Gasteiger partial charge >= 0.3 is 17.9 Å². The Bertz CT molecular complexity index is 1520. The van der Waals surface area contributed by atoms with Crippen molar-refractivity contribution in [2.24, 2.45) is 0 Å². The summed E-state index contributed by atoms with van der Waals surface area (Å²) in [5.74, 6) is -1.03. The number of carbonyl (C=O) groups excluding carboxylic acids is 3. The van der Waals surface area contributed by atoms with Crippen molar-refractivity contribution in [2.75, 3.05) is 13.2 Å². The van der Waals surface area contributed by atoms with E-state index in [0.717, 1.165) is 70.6 Å². The summed E-state index contributed by atoms with van der Waals surface area (Å²) in [6.07, 6.45) is 90.7. The van der Waals surface area contributed by atoms with Gasteiger partial charge in [-0.15, -0.1) is 0 Å². The van der Waals surface area contributed by atoms with Crippen molar-refractivity contribution in [3.63, 3.8) is 0 Å². The molecule has 0 fully saturated rings. The van der Waals surface area contributed by atoms with Crippen LogP contribution >= 0.6 is 0 Å². The van der Waals surface area contributed by atoms with E-state index in [0.29, 0.717) is 12.8 Å². The number of carbonyl (C=O) groups is 3. The second kappa shape index (κ2) is 68.1. The van der Waals surface area contributed by atoms with Crippen molar-refractivity contribution >= 4 is 17.9 Å². The third-order valence-corrected chi connectivity index (χ3v) is 15.1. The Morgan fingerprint density at radius 2 is 0.537 bits per heavy atom. The fourth-order valence-corrected chi connectivity index (χ4v) is 9.98. The molecule has 0 aromatic heterocycles. The summed E-state index contributed by atoms with van der Waals surface area (Å²) in [5.41, 5.74) is 0. The van der Waals surface area contributed by atoms with Gasteiger partial charge in [-0.05, 0) is 96.3 Å². The predicted octanol–water partition coefficient (Wildman–Crippen LogP) is 23.8. The number of rotatable bonds is 63. The van der Waals surface area contributed by atoms with Crippen LogP contribution in [0, 0.1) is 0 Å². The maximum absolute atomic E-state index is 12.9. The molecule has 0 saturated carbocycles. The monoisotopic (exact) mass is 1110 g/mol. The normalized spacial score (nSPS) is 12.6. The molecule has 6 heteroatoms. The van der Waals surface area contributed by atoms with Crippen LogP contribution in [0.2, 0.25) is 0 Å². The SMILES string of the molecule is CC/C=C\C/C=C\C/C=C\C/C=C\C/C=C\CC(=O)OCC(COC(=O)CCCCCCCCCCCCCCCCCCC/C=C\CCCCCCCCCC)OC(=O)CCCCCCCCC/C=C\CCCCCCCCC. The van der Waals surface area contributed by atoms with Crippen LogP contribution in [0.1, 0.15) is 348 Å². The molecule has 0 saturated heterocycles. The van der Waals surface area contributed by atoms with Gasteiger partial charge in [-0.1, -0.05) is 318 Å². The average molecular weight is 1120 g/mol. The van der Waals surface area contributed by atoms with E-state index in [-0.39, 0.29) is 31.6 Å². The molecule has 0 spiro atoms. The molecule has 0 aromatic rings. The van der Waals surface area contributed by atoms with Crippen molar-refractivity contribution < 1.29 is 28.6 Å². The zero-order valence-corrected chi connectivity index (χ0v) is 53.1. The van der Waals surface area contributed by atoms with E-state index < -0.39 is 12.1 Å². The molecule has 462 valence electrons. The molecular formula is C74H130O6. The van der Waals surface area contributed by atoms with Gasteiger partial charge in [0, 0.05) is 12.8 Å². The molecule has 0 amide bonds. The lowest BCUT2D eigenvalue weighted by molar-refractivity contribution is -0.166. The maximum Gasteiger partial charge on any atom is 0.309 e. The van der Waals surface area contributed by atoms with E-state index in [2.05, 4.69) is 93.7 Å². The van der Waals surface area contributed by atoms with E-state index in [1.165, 1.54) is 238 Å². The fourth-order valence-electron chi connectivity index (χ4n) is 9.98. The van der Waals surface area contributed by atoms with Gasteiger partial charge in [0.05, 0.1) is 6.42 Å². The molecule has 80 heavy (non-hydrogen) atoms. The van der Waals surface area contributed by atoms with Gasteiger partial charge < -0.3 is 14.2 Å². The molecule has 0 aliphatic carbocycles. The molecule has 0 radical (unpaired) electrons. The van der Waals surface area contributed by atoms with Gasteiger partial charge in [0.2, 0.25) is 0 Å². The summed E-state index contributed by atoms with van der Waals surface area (Å²) in [7, 11) is 0. The average Bonchev–Trinajstić information content (AvgIpc) is 3.46. The number of esters is 3. The lowest BCUT2D eigenvalue weighted by Crippen LogP contribution is -2.30. The lowest BCUT2D eigenvalue weighted by Gasteiger charge is -2.18. The first-order chi connectivity index (χ1) is 39.5. The van der Waals surface area contributed by atoms with Gasteiger partial charge in [-0.3, -0.25) is 14.4 Å². The van der Waals surface area contributed by atoms with Crippen LogP contribution in [0.4, 0.5) is 0 Å². The van der Waals surface area contributed by atoms with Gasteiger partial charge in [0.25, 0.3) is 0 Å². The summed E-state index contributed by atoms with van der Waals surface area (Å²) >= 11 is 0. The number of hydrogen-bond donors (Lipinski definition) is 0. The van der Waals surface area contributed by atoms with Crippen molar-refractivity contribution in [1.82, 2.24) is 0 Å². The van der Waals surface area contributed by atoms with Crippen molar-refractivity contribution in [3.8, 4) is 0 Å². The van der Waals surface area contributed by atoms with Crippen LogP contribution in [0.25, 0.3) is 0 Å². The molecule has 6 nitrogen and oxygen atoms in total. The predicted molar refractivity (Wildman–Crippen MR) is 348 cm³/mol. The maximum atomic E-state index is 12.9. The van der Waals surface area contributed by atoms with Crippen molar-refractivity contribution in [2.45, 2.75) is 354 Å². The van der Waals surface area contributed by atoms with E-state index in [1.807, 2.05) is 6.08 Å². The van der Waals surface area contributed by atoms with E-state index in [4.69, 9.17) is 14.2 Å². The van der Waals surface area contributed by atoms with Gasteiger partial charge in [0.15, 0.2) is 6.10 Å². The van der Waals surface area contributed by atoms with Crippen LogP contribution in [-0.2, 0) is 28.6 Å². The van der Waals surface area contributed by atoms with Crippen LogP contribution in [-0.4, -0.2) is 37.2 Å². The lowest BCUT2D eigenvalue weighted by atomic mass is 10.0. The second-order valence-electron chi connectivity index (χ2n) is 23.1.